The molecule has 138 valence electrons. The molecule has 0 radical (unpaired) electrons. The van der Waals surface area contributed by atoms with E-state index in [9.17, 15) is 0 Å². The second-order valence-corrected chi connectivity index (χ2v) is 7.29. The third kappa shape index (κ3) is 3.80. The molecule has 3 aromatic heterocycles. The predicted molar refractivity (Wildman–Crippen MR) is 100 cm³/mol. The van der Waals surface area contributed by atoms with Crippen molar-refractivity contribution in [3.63, 3.8) is 0 Å². The fourth-order valence-electron chi connectivity index (χ4n) is 2.87. The van der Waals surface area contributed by atoms with E-state index in [0.717, 1.165) is 33.8 Å². The van der Waals surface area contributed by atoms with Crippen molar-refractivity contribution in [3.05, 3.63) is 52.8 Å². The number of nitrogens with zero attached hydrogens (tertiary/aromatic N) is 4. The van der Waals surface area contributed by atoms with Gasteiger partial charge in [-0.2, -0.15) is 0 Å². The first kappa shape index (κ1) is 17.5. The Morgan fingerprint density at radius 2 is 1.52 bits per heavy atom. The maximum absolute atomic E-state index is 5.75. The second kappa shape index (κ2) is 7.03. The molecule has 27 heavy (non-hydrogen) atoms. The summed E-state index contributed by atoms with van der Waals surface area (Å²) in [5.74, 6) is 3.43. The Kier molecular flexibility index (Phi) is 4.57. The number of rotatable bonds is 5. The number of aromatic nitrogens is 4. The van der Waals surface area contributed by atoms with Gasteiger partial charge in [-0.15, -0.1) is 20.4 Å². The van der Waals surface area contributed by atoms with Crippen LogP contribution in [0.1, 0.15) is 28.5 Å². The van der Waals surface area contributed by atoms with E-state index >= 15 is 0 Å². The molecule has 1 aromatic carbocycles. The smallest absolute Gasteiger partial charge is 0.277 e. The highest BCUT2D eigenvalue weighted by atomic mass is 32.2. The number of thioether (sulfide) groups is 1. The minimum Gasteiger partial charge on any atom is -0.466 e. The number of hydrogen-bond donors (Lipinski definition) is 0. The van der Waals surface area contributed by atoms with Gasteiger partial charge in [0.05, 0.1) is 11.3 Å². The Morgan fingerprint density at radius 1 is 0.778 bits per heavy atom. The molecule has 0 atom stereocenters. The van der Waals surface area contributed by atoms with E-state index in [1.54, 1.807) is 0 Å². The summed E-state index contributed by atoms with van der Waals surface area (Å²) in [6, 6.07) is 8.03. The quantitative estimate of drug-likeness (QED) is 0.450. The summed E-state index contributed by atoms with van der Waals surface area (Å²) in [4.78, 5) is 0. The van der Waals surface area contributed by atoms with Crippen LogP contribution in [0.3, 0.4) is 0 Å². The average molecular weight is 382 g/mol. The predicted octanol–water partition coefficient (Wildman–Crippen LogP) is 4.91. The molecule has 0 aliphatic heterocycles. The summed E-state index contributed by atoms with van der Waals surface area (Å²) >= 11 is 1.36. The van der Waals surface area contributed by atoms with Crippen LogP contribution in [0, 0.1) is 27.7 Å². The second-order valence-electron chi connectivity index (χ2n) is 6.37. The number of benzene rings is 1. The van der Waals surface area contributed by atoms with Crippen LogP contribution in [-0.2, 0) is 5.75 Å². The summed E-state index contributed by atoms with van der Waals surface area (Å²) < 4.78 is 17.0. The first-order valence-corrected chi connectivity index (χ1v) is 9.41. The lowest BCUT2D eigenvalue weighted by molar-refractivity contribution is 0.464. The van der Waals surface area contributed by atoms with Gasteiger partial charge in [0.2, 0.25) is 11.8 Å². The molecule has 3 heterocycles. The molecule has 0 unspecified atom stereocenters. The summed E-state index contributed by atoms with van der Waals surface area (Å²) in [5.41, 5.74) is 4.03. The zero-order chi connectivity index (χ0) is 19.0. The Labute approximate surface area is 160 Å². The molecule has 0 N–H and O–H groups in total. The molecule has 4 rings (SSSR count). The number of aryl methyl sites for hydroxylation is 4. The lowest BCUT2D eigenvalue weighted by Crippen LogP contribution is -1.82. The summed E-state index contributed by atoms with van der Waals surface area (Å²) in [5, 5.41) is 16.8. The third-order valence-electron chi connectivity index (χ3n) is 3.93. The van der Waals surface area contributed by atoms with E-state index in [-0.39, 0.29) is 0 Å². The van der Waals surface area contributed by atoms with Crippen molar-refractivity contribution in [1.29, 1.82) is 0 Å². The summed E-state index contributed by atoms with van der Waals surface area (Å²) in [7, 11) is 0. The van der Waals surface area contributed by atoms with Crippen molar-refractivity contribution < 1.29 is 13.3 Å². The topological polar surface area (TPSA) is 91.0 Å². The molecular weight excluding hydrogens is 364 g/mol. The molecule has 7 nitrogen and oxygen atoms in total. The van der Waals surface area contributed by atoms with Crippen LogP contribution in [0.4, 0.5) is 0 Å². The van der Waals surface area contributed by atoms with Crippen molar-refractivity contribution in [2.75, 3.05) is 0 Å². The van der Waals surface area contributed by atoms with E-state index in [1.165, 1.54) is 11.8 Å². The van der Waals surface area contributed by atoms with Gasteiger partial charge >= 0.3 is 0 Å². The van der Waals surface area contributed by atoms with Crippen LogP contribution < -0.4 is 0 Å². The normalized spacial score (nSPS) is 11.3. The molecule has 0 fully saturated rings. The van der Waals surface area contributed by atoms with E-state index in [2.05, 4.69) is 26.5 Å². The molecule has 8 heteroatoms. The van der Waals surface area contributed by atoms with Gasteiger partial charge in [-0.3, -0.25) is 0 Å². The van der Waals surface area contributed by atoms with Crippen molar-refractivity contribution in [1.82, 2.24) is 20.4 Å². The van der Waals surface area contributed by atoms with Gasteiger partial charge in [0.15, 0.2) is 0 Å². The fraction of sp³-hybridized carbons (Fsp3) is 0.263. The molecule has 4 aromatic rings. The highest BCUT2D eigenvalue weighted by Crippen LogP contribution is 2.29. The molecular formula is C19H18N4O3S. The Hall–Kier alpha value is -2.87. The van der Waals surface area contributed by atoms with Gasteiger partial charge in [-0.1, -0.05) is 29.0 Å². The SMILES string of the molecule is Cc1cc(C)cc(-c2nnc(SCc3nnc(-c4cc(C)oc4C)o3)o2)c1. The molecule has 0 aliphatic carbocycles. The highest BCUT2D eigenvalue weighted by molar-refractivity contribution is 7.98. The zero-order valence-electron chi connectivity index (χ0n) is 15.4. The number of furan rings is 1. The lowest BCUT2D eigenvalue weighted by Gasteiger charge is -1.99. The van der Waals surface area contributed by atoms with Gasteiger partial charge in [0.1, 0.15) is 11.5 Å². The van der Waals surface area contributed by atoms with Crippen LogP contribution >= 0.6 is 11.8 Å². The minimum atomic E-state index is 0.442. The summed E-state index contributed by atoms with van der Waals surface area (Å²) in [6.45, 7) is 7.83. The Bertz CT molecular complexity index is 1080. The van der Waals surface area contributed by atoms with Gasteiger partial charge in [0, 0.05) is 5.56 Å². The van der Waals surface area contributed by atoms with Crippen molar-refractivity contribution in [2.45, 2.75) is 38.7 Å². The first-order valence-electron chi connectivity index (χ1n) is 8.42. The molecule has 0 bridgehead atoms. The van der Waals surface area contributed by atoms with Gasteiger partial charge < -0.3 is 13.3 Å². The molecule has 0 saturated carbocycles. The molecule has 0 aliphatic rings. The third-order valence-corrected chi connectivity index (χ3v) is 4.74. The van der Waals surface area contributed by atoms with Gasteiger partial charge in [0.25, 0.3) is 11.1 Å². The van der Waals surface area contributed by atoms with E-state index < -0.39 is 0 Å². The lowest BCUT2D eigenvalue weighted by atomic mass is 10.1. The van der Waals surface area contributed by atoms with Crippen molar-refractivity contribution in [3.8, 4) is 22.9 Å². The Balaban J connectivity index is 1.45. The standard InChI is InChI=1S/C19H18N4O3S/c1-10-5-11(2)7-14(6-10)17-21-23-19(26-17)27-9-16-20-22-18(25-16)15-8-12(3)24-13(15)4/h5-8H,9H2,1-4H3. The minimum absolute atomic E-state index is 0.442. The van der Waals surface area contributed by atoms with Gasteiger partial charge in [-0.25, -0.2) is 0 Å². The molecule has 0 spiro atoms. The maximum atomic E-state index is 5.75. The van der Waals surface area contributed by atoms with Crippen LogP contribution in [0.5, 0.6) is 0 Å². The zero-order valence-corrected chi connectivity index (χ0v) is 16.3. The highest BCUT2D eigenvalue weighted by Gasteiger charge is 2.16. The summed E-state index contributed by atoms with van der Waals surface area (Å²) in [6.07, 6.45) is 0. The molecule has 0 amide bonds. The van der Waals surface area contributed by atoms with Crippen LogP contribution in [0.15, 0.2) is 42.7 Å². The largest absolute Gasteiger partial charge is 0.466 e. The van der Waals surface area contributed by atoms with E-state index in [4.69, 9.17) is 13.3 Å². The number of hydrogen-bond acceptors (Lipinski definition) is 8. The van der Waals surface area contributed by atoms with E-state index in [1.807, 2.05) is 45.9 Å². The van der Waals surface area contributed by atoms with Crippen molar-refractivity contribution in [2.24, 2.45) is 0 Å². The Morgan fingerprint density at radius 3 is 2.22 bits per heavy atom. The molecule has 0 saturated heterocycles. The monoisotopic (exact) mass is 382 g/mol. The first-order chi connectivity index (χ1) is 13.0. The van der Waals surface area contributed by atoms with E-state index in [0.29, 0.717) is 28.6 Å². The average Bonchev–Trinajstić information content (AvgIpc) is 3.32. The van der Waals surface area contributed by atoms with Crippen LogP contribution in [-0.4, -0.2) is 20.4 Å². The van der Waals surface area contributed by atoms with Crippen LogP contribution in [0.25, 0.3) is 22.9 Å². The van der Waals surface area contributed by atoms with Crippen molar-refractivity contribution >= 4 is 11.8 Å². The van der Waals surface area contributed by atoms with Crippen LogP contribution in [0.2, 0.25) is 0 Å². The van der Waals surface area contributed by atoms with Gasteiger partial charge in [-0.05, 0) is 45.9 Å². The maximum Gasteiger partial charge on any atom is 0.277 e. The fourth-order valence-corrected chi connectivity index (χ4v) is 3.47.